The highest BCUT2D eigenvalue weighted by atomic mass is 79.9. The summed E-state index contributed by atoms with van der Waals surface area (Å²) in [6, 6.07) is 0. The molecule has 0 fully saturated rings. The van der Waals surface area contributed by atoms with E-state index in [2.05, 4.69) is 25.9 Å². The number of carboxylic acids is 1. The summed E-state index contributed by atoms with van der Waals surface area (Å²) < 4.78 is 0.525. The molecule has 0 aliphatic heterocycles. The van der Waals surface area contributed by atoms with Crippen molar-refractivity contribution >= 4 is 34.3 Å². The normalized spacial score (nSPS) is 8.45. The van der Waals surface area contributed by atoms with Crippen molar-refractivity contribution in [3.8, 4) is 0 Å². The van der Waals surface area contributed by atoms with Gasteiger partial charge in [0.25, 0.3) is 0 Å². The molecule has 0 bridgehead atoms. The second kappa shape index (κ2) is 4.25. The smallest absolute Gasteiger partial charge is 0.356 e. The maximum absolute atomic E-state index is 10.2. The fourth-order valence-electron chi connectivity index (χ4n) is 0.423. The first-order chi connectivity index (χ1) is 4.70. The van der Waals surface area contributed by atoms with E-state index in [0.717, 1.165) is 0 Å². The van der Waals surface area contributed by atoms with E-state index >= 15 is 0 Å². The van der Waals surface area contributed by atoms with Crippen molar-refractivity contribution in [3.63, 3.8) is 0 Å². The molecule has 11 heavy (non-hydrogen) atoms. The first kappa shape index (κ1) is 10.3. The van der Waals surface area contributed by atoms with Crippen LogP contribution in [-0.2, 0) is 0 Å². The molecule has 0 radical (unpaired) electrons. The summed E-state index contributed by atoms with van der Waals surface area (Å²) in [7, 11) is 0. The second-order valence-corrected chi connectivity index (χ2v) is 2.34. The summed E-state index contributed by atoms with van der Waals surface area (Å²) in [5.41, 5.74) is -0.0526. The van der Waals surface area contributed by atoms with Crippen molar-refractivity contribution in [2.75, 3.05) is 0 Å². The van der Waals surface area contributed by atoms with Gasteiger partial charge >= 0.3 is 5.97 Å². The van der Waals surface area contributed by atoms with Crippen LogP contribution in [0.3, 0.4) is 0 Å². The van der Waals surface area contributed by atoms with E-state index in [9.17, 15) is 4.79 Å². The summed E-state index contributed by atoms with van der Waals surface area (Å²) in [5, 5.41) is 8.36. The molecule has 0 saturated carbocycles. The Kier molecular flexibility index (Phi) is 3.99. The molecular formula is C5H4BrClN2O2. The van der Waals surface area contributed by atoms with E-state index in [-0.39, 0.29) is 18.1 Å². The van der Waals surface area contributed by atoms with Gasteiger partial charge in [0.1, 0.15) is 4.60 Å². The summed E-state index contributed by atoms with van der Waals surface area (Å²) in [4.78, 5) is 17.4. The van der Waals surface area contributed by atoms with Gasteiger partial charge in [0.05, 0.1) is 12.4 Å². The van der Waals surface area contributed by atoms with Crippen LogP contribution in [0.2, 0.25) is 0 Å². The Morgan fingerprint density at radius 3 is 2.45 bits per heavy atom. The van der Waals surface area contributed by atoms with Crippen LogP contribution in [0.4, 0.5) is 0 Å². The van der Waals surface area contributed by atoms with Gasteiger partial charge in [-0.25, -0.2) is 14.8 Å². The van der Waals surface area contributed by atoms with Crippen LogP contribution in [0.25, 0.3) is 0 Å². The topological polar surface area (TPSA) is 63.1 Å². The van der Waals surface area contributed by atoms with E-state index in [1.54, 1.807) is 0 Å². The number of hydrogen-bond acceptors (Lipinski definition) is 3. The van der Waals surface area contributed by atoms with Gasteiger partial charge in [-0.3, -0.25) is 0 Å². The maximum atomic E-state index is 10.2. The van der Waals surface area contributed by atoms with Crippen molar-refractivity contribution < 1.29 is 9.90 Å². The van der Waals surface area contributed by atoms with Gasteiger partial charge in [-0.05, 0) is 15.9 Å². The van der Waals surface area contributed by atoms with Gasteiger partial charge in [-0.1, -0.05) is 0 Å². The Morgan fingerprint density at radius 1 is 1.45 bits per heavy atom. The Hall–Kier alpha value is -0.680. The molecule has 1 N–H and O–H groups in total. The van der Waals surface area contributed by atoms with Crippen LogP contribution in [-0.4, -0.2) is 21.0 Å². The van der Waals surface area contributed by atoms with E-state index in [0.29, 0.717) is 4.60 Å². The number of rotatable bonds is 1. The van der Waals surface area contributed by atoms with Crippen LogP contribution >= 0.6 is 28.3 Å². The minimum atomic E-state index is -1.07. The second-order valence-electron chi connectivity index (χ2n) is 1.53. The molecule has 60 valence electrons. The standard InChI is InChI=1S/C5H3BrN2O2.ClH/c6-4-2-7-3(1-8-4)5(9)10;/h1-2H,(H,9,10);1H. The minimum Gasteiger partial charge on any atom is -0.476 e. The molecule has 0 aliphatic rings. The lowest BCUT2D eigenvalue weighted by atomic mass is 10.5. The highest BCUT2D eigenvalue weighted by molar-refractivity contribution is 9.10. The van der Waals surface area contributed by atoms with E-state index in [1.807, 2.05) is 0 Å². The quantitative estimate of drug-likeness (QED) is 0.804. The van der Waals surface area contributed by atoms with Crippen LogP contribution < -0.4 is 0 Å². The Balaban J connectivity index is 0.000001000. The van der Waals surface area contributed by atoms with Gasteiger partial charge in [0.15, 0.2) is 5.69 Å². The van der Waals surface area contributed by atoms with Gasteiger partial charge in [-0.15, -0.1) is 12.4 Å². The molecule has 0 unspecified atom stereocenters. The first-order valence-electron chi connectivity index (χ1n) is 2.41. The molecule has 4 nitrogen and oxygen atoms in total. The van der Waals surface area contributed by atoms with Crippen molar-refractivity contribution in [2.24, 2.45) is 0 Å². The first-order valence-corrected chi connectivity index (χ1v) is 3.20. The van der Waals surface area contributed by atoms with Crippen molar-refractivity contribution in [2.45, 2.75) is 0 Å². The average Bonchev–Trinajstić information content (AvgIpc) is 1.88. The number of halogens is 2. The number of carbonyl (C=O) groups is 1. The predicted octanol–water partition coefficient (Wildman–Crippen LogP) is 1.36. The zero-order chi connectivity index (χ0) is 7.56. The lowest BCUT2D eigenvalue weighted by Crippen LogP contribution is -1.99. The van der Waals surface area contributed by atoms with E-state index < -0.39 is 5.97 Å². The molecule has 0 aromatic carbocycles. The van der Waals surface area contributed by atoms with Gasteiger partial charge in [0, 0.05) is 0 Å². The van der Waals surface area contributed by atoms with Gasteiger partial charge in [-0.2, -0.15) is 0 Å². The van der Waals surface area contributed by atoms with Crippen LogP contribution in [0, 0.1) is 0 Å². The molecule has 0 saturated heterocycles. The molecule has 0 aliphatic carbocycles. The number of aromatic nitrogens is 2. The number of hydrogen-bond donors (Lipinski definition) is 1. The molecule has 0 atom stereocenters. The molecule has 1 heterocycles. The third kappa shape index (κ3) is 2.81. The number of nitrogens with zero attached hydrogens (tertiary/aromatic N) is 2. The van der Waals surface area contributed by atoms with E-state index in [1.165, 1.54) is 12.4 Å². The minimum absolute atomic E-state index is 0. The van der Waals surface area contributed by atoms with Gasteiger partial charge in [0.2, 0.25) is 0 Å². The molecule has 0 amide bonds. The Morgan fingerprint density at radius 2 is 2.09 bits per heavy atom. The fraction of sp³-hybridized carbons (Fsp3) is 0. The summed E-state index contributed by atoms with van der Waals surface area (Å²) in [6.45, 7) is 0. The average molecular weight is 239 g/mol. The van der Waals surface area contributed by atoms with Crippen LogP contribution in [0.15, 0.2) is 17.0 Å². The SMILES string of the molecule is Cl.O=C(O)c1cnc(Br)cn1. The summed E-state index contributed by atoms with van der Waals surface area (Å²) in [6.07, 6.45) is 2.52. The van der Waals surface area contributed by atoms with Crippen LogP contribution in [0.1, 0.15) is 10.5 Å². The molecule has 1 rings (SSSR count). The zero-order valence-corrected chi connectivity index (χ0v) is 7.59. The molecule has 1 aromatic heterocycles. The predicted molar refractivity (Wildman–Crippen MR) is 43.9 cm³/mol. The van der Waals surface area contributed by atoms with Crippen molar-refractivity contribution in [1.82, 2.24) is 9.97 Å². The highest BCUT2D eigenvalue weighted by Crippen LogP contribution is 2.01. The molecule has 6 heteroatoms. The van der Waals surface area contributed by atoms with Crippen molar-refractivity contribution in [1.29, 1.82) is 0 Å². The molecule has 1 aromatic rings. The number of aromatic carboxylic acids is 1. The zero-order valence-electron chi connectivity index (χ0n) is 5.19. The third-order valence-corrected chi connectivity index (χ3v) is 1.25. The lowest BCUT2D eigenvalue weighted by molar-refractivity contribution is 0.0690. The van der Waals surface area contributed by atoms with Gasteiger partial charge < -0.3 is 5.11 Å². The van der Waals surface area contributed by atoms with Crippen LogP contribution in [0.5, 0.6) is 0 Å². The van der Waals surface area contributed by atoms with Crippen molar-refractivity contribution in [3.05, 3.63) is 22.7 Å². The molecular weight excluding hydrogens is 235 g/mol. The van der Waals surface area contributed by atoms with E-state index in [4.69, 9.17) is 5.11 Å². The summed E-state index contributed by atoms with van der Waals surface area (Å²) in [5.74, 6) is -1.07. The Bertz CT molecular complexity index is 251. The highest BCUT2D eigenvalue weighted by Gasteiger charge is 2.02. The fourth-order valence-corrected chi connectivity index (χ4v) is 0.627. The largest absolute Gasteiger partial charge is 0.476 e. The lowest BCUT2D eigenvalue weighted by Gasteiger charge is -1.90. The number of carboxylic acid groups (broad SMARTS) is 1. The third-order valence-electron chi connectivity index (χ3n) is 0.839. The monoisotopic (exact) mass is 238 g/mol. The summed E-state index contributed by atoms with van der Waals surface area (Å²) >= 11 is 3.03. The molecule has 0 spiro atoms. The Labute approximate surface area is 77.2 Å². The maximum Gasteiger partial charge on any atom is 0.356 e.